The maximum Gasteiger partial charge on any atom is 0.417 e. The maximum absolute atomic E-state index is 13.5. The van der Waals surface area contributed by atoms with Crippen molar-refractivity contribution in [2.75, 3.05) is 38.2 Å². The number of anilines is 1. The van der Waals surface area contributed by atoms with Gasteiger partial charge in [0.05, 0.1) is 28.7 Å². The Morgan fingerprint density at radius 1 is 0.809 bits per heavy atom. The Morgan fingerprint density at radius 3 is 2.06 bits per heavy atom. The van der Waals surface area contributed by atoms with Crippen LogP contribution in [0.25, 0.3) is 6.08 Å². The zero-order chi connectivity index (χ0) is 34.1. The average Bonchev–Trinajstić information content (AvgIpc) is 3.38. The van der Waals surface area contributed by atoms with E-state index in [1.54, 1.807) is 0 Å². The van der Waals surface area contributed by atoms with Gasteiger partial charge in [0, 0.05) is 37.9 Å². The lowest BCUT2D eigenvalue weighted by molar-refractivity contribution is -0.143. The number of thioether (sulfide) groups is 1. The van der Waals surface area contributed by atoms with E-state index < -0.39 is 53.3 Å². The van der Waals surface area contributed by atoms with Crippen LogP contribution in [-0.2, 0) is 29.9 Å². The van der Waals surface area contributed by atoms with Crippen LogP contribution in [0.4, 0.5) is 45.3 Å². The first kappa shape index (κ1) is 33.9. The molecule has 3 aromatic rings. The molecule has 1 amide bonds. The van der Waals surface area contributed by atoms with E-state index in [0.717, 1.165) is 24.0 Å². The number of methoxy groups -OCH3 is 1. The normalized spacial score (nSPS) is 16.9. The molecule has 5 rings (SSSR count). The predicted molar refractivity (Wildman–Crippen MR) is 155 cm³/mol. The molecule has 0 aliphatic carbocycles. The highest BCUT2D eigenvalue weighted by atomic mass is 32.2. The van der Waals surface area contributed by atoms with E-state index in [4.69, 9.17) is 9.47 Å². The van der Waals surface area contributed by atoms with Crippen LogP contribution in [0.3, 0.4) is 0 Å². The SMILES string of the molecule is COc1cc(/C=C2/SC(N3CCN(c4ccc(C(F)(F)F)cn4)CC3)=NC2=O)ccc1OCc1ccc(C(F)(F)F)cc1C(F)(F)F. The molecule has 0 atom stereocenters. The molecule has 2 aromatic carbocycles. The van der Waals surface area contributed by atoms with Gasteiger partial charge in [0.25, 0.3) is 5.91 Å². The molecule has 1 saturated heterocycles. The van der Waals surface area contributed by atoms with Crippen LogP contribution >= 0.6 is 11.8 Å². The predicted octanol–water partition coefficient (Wildman–Crippen LogP) is 7.52. The van der Waals surface area contributed by atoms with Gasteiger partial charge in [0.2, 0.25) is 0 Å². The summed E-state index contributed by atoms with van der Waals surface area (Å²) in [4.78, 5) is 24.7. The number of alkyl halides is 9. The second-order valence-corrected chi connectivity index (χ2v) is 11.3. The fourth-order valence-electron chi connectivity index (χ4n) is 4.74. The summed E-state index contributed by atoms with van der Waals surface area (Å²) in [5, 5.41) is 0.449. The summed E-state index contributed by atoms with van der Waals surface area (Å²) < 4.78 is 129. The highest BCUT2D eigenvalue weighted by Gasteiger charge is 2.38. The van der Waals surface area contributed by atoms with Crippen LogP contribution in [0, 0.1) is 0 Å². The number of aliphatic imine (C=N–C) groups is 1. The number of nitrogens with zero attached hydrogens (tertiary/aromatic N) is 4. The molecular weight excluding hydrogens is 667 g/mol. The first-order valence-electron chi connectivity index (χ1n) is 13.7. The average molecular weight is 691 g/mol. The van der Waals surface area contributed by atoms with Gasteiger partial charge in [-0.3, -0.25) is 4.79 Å². The van der Waals surface area contributed by atoms with Gasteiger partial charge in [-0.05, 0) is 59.8 Å². The van der Waals surface area contributed by atoms with Crippen molar-refractivity contribution < 1.29 is 53.8 Å². The summed E-state index contributed by atoms with van der Waals surface area (Å²) in [6.45, 7) is 1.03. The molecule has 2 aliphatic heterocycles. The Kier molecular flexibility index (Phi) is 9.39. The Labute approximate surface area is 265 Å². The summed E-state index contributed by atoms with van der Waals surface area (Å²) in [5.41, 5.74) is -3.78. The van der Waals surface area contributed by atoms with Gasteiger partial charge in [-0.1, -0.05) is 12.1 Å². The number of piperazine rings is 1. The number of benzene rings is 2. The van der Waals surface area contributed by atoms with Crippen LogP contribution < -0.4 is 14.4 Å². The number of pyridine rings is 1. The molecule has 47 heavy (non-hydrogen) atoms. The van der Waals surface area contributed by atoms with Gasteiger partial charge in [0.15, 0.2) is 16.7 Å². The minimum Gasteiger partial charge on any atom is -0.493 e. The zero-order valence-electron chi connectivity index (χ0n) is 24.1. The second kappa shape index (κ2) is 13.0. The van der Waals surface area contributed by atoms with Gasteiger partial charge in [-0.25, -0.2) is 4.98 Å². The number of ether oxygens (including phenoxy) is 2. The highest BCUT2D eigenvalue weighted by Crippen LogP contribution is 2.39. The molecule has 0 bridgehead atoms. The minimum atomic E-state index is -5.05. The molecule has 250 valence electrons. The van der Waals surface area contributed by atoms with Crippen LogP contribution in [0.2, 0.25) is 0 Å². The van der Waals surface area contributed by atoms with E-state index in [-0.39, 0.29) is 22.5 Å². The van der Waals surface area contributed by atoms with Crippen molar-refractivity contribution in [2.24, 2.45) is 4.99 Å². The third kappa shape index (κ3) is 7.94. The van der Waals surface area contributed by atoms with Crippen molar-refractivity contribution in [1.82, 2.24) is 9.88 Å². The molecule has 3 heterocycles. The third-order valence-corrected chi connectivity index (χ3v) is 8.21. The molecule has 0 spiro atoms. The van der Waals surface area contributed by atoms with Gasteiger partial charge in [0.1, 0.15) is 12.4 Å². The monoisotopic (exact) mass is 690 g/mol. The zero-order valence-corrected chi connectivity index (χ0v) is 24.9. The fraction of sp³-hybridized carbons (Fsp3) is 0.300. The van der Waals surface area contributed by atoms with Crippen LogP contribution in [-0.4, -0.2) is 54.2 Å². The first-order chi connectivity index (χ1) is 22.0. The Balaban J connectivity index is 1.22. The lowest BCUT2D eigenvalue weighted by Crippen LogP contribution is -2.48. The fourth-order valence-corrected chi connectivity index (χ4v) is 5.71. The number of carbonyl (C=O) groups is 1. The lowest BCUT2D eigenvalue weighted by atomic mass is 10.0. The number of hydrogen-bond donors (Lipinski definition) is 0. The Morgan fingerprint density at radius 2 is 1.47 bits per heavy atom. The molecule has 0 N–H and O–H groups in total. The highest BCUT2D eigenvalue weighted by molar-refractivity contribution is 8.18. The van der Waals surface area contributed by atoms with Crippen molar-refractivity contribution in [3.05, 3.63) is 87.5 Å². The number of amidine groups is 1. The number of rotatable bonds is 6. The van der Waals surface area contributed by atoms with E-state index >= 15 is 0 Å². The third-order valence-electron chi connectivity index (χ3n) is 7.17. The topological polar surface area (TPSA) is 67.3 Å². The Bertz CT molecular complexity index is 1700. The van der Waals surface area contributed by atoms with Crippen molar-refractivity contribution >= 4 is 34.7 Å². The van der Waals surface area contributed by atoms with Crippen LogP contribution in [0.15, 0.2) is 64.6 Å². The second-order valence-electron chi connectivity index (χ2n) is 10.3. The van der Waals surface area contributed by atoms with E-state index in [1.807, 2.05) is 9.80 Å². The smallest absolute Gasteiger partial charge is 0.417 e. The number of halogens is 9. The van der Waals surface area contributed by atoms with Gasteiger partial charge in [-0.15, -0.1) is 0 Å². The maximum atomic E-state index is 13.5. The molecule has 0 radical (unpaired) electrons. The van der Waals surface area contributed by atoms with Gasteiger partial charge >= 0.3 is 18.5 Å². The molecule has 7 nitrogen and oxygen atoms in total. The summed E-state index contributed by atoms with van der Waals surface area (Å²) in [7, 11) is 1.29. The van der Waals surface area contributed by atoms with Gasteiger partial charge < -0.3 is 19.3 Å². The molecular formula is C30H23F9N4O3S. The molecule has 1 aromatic heterocycles. The largest absolute Gasteiger partial charge is 0.493 e. The van der Waals surface area contributed by atoms with Crippen molar-refractivity contribution in [2.45, 2.75) is 25.1 Å². The van der Waals surface area contributed by atoms with Crippen molar-refractivity contribution in [3.63, 3.8) is 0 Å². The lowest BCUT2D eigenvalue weighted by Gasteiger charge is -2.36. The van der Waals surface area contributed by atoms with E-state index in [2.05, 4.69) is 9.98 Å². The number of amides is 1. The van der Waals surface area contributed by atoms with Gasteiger partial charge in [-0.2, -0.15) is 44.5 Å². The van der Waals surface area contributed by atoms with Crippen LogP contribution in [0.5, 0.6) is 11.5 Å². The Hall–Kier alpha value is -4.41. The summed E-state index contributed by atoms with van der Waals surface area (Å²) >= 11 is 1.12. The first-order valence-corrected chi connectivity index (χ1v) is 14.5. The number of hydrogen-bond acceptors (Lipinski definition) is 7. The standard InChI is InChI=1S/C30H23F9N4O3S/c1-45-23-12-17(2-6-22(23)46-16-18-3-4-19(28(31,32)33)14-21(18)30(37,38)39)13-24-26(44)41-27(47-24)43-10-8-42(9-11-43)25-7-5-20(15-40-25)29(34,35)36/h2-7,12-15H,8-11,16H2,1H3/b24-13+. The summed E-state index contributed by atoms with van der Waals surface area (Å²) in [6.07, 6.45) is -12.2. The summed E-state index contributed by atoms with van der Waals surface area (Å²) in [5.74, 6) is 0.0183. The molecule has 0 saturated carbocycles. The molecule has 17 heteroatoms. The molecule has 1 fully saturated rings. The van der Waals surface area contributed by atoms with Crippen molar-refractivity contribution in [1.29, 1.82) is 0 Å². The van der Waals surface area contributed by atoms with E-state index in [9.17, 15) is 44.3 Å². The quantitative estimate of drug-likeness (QED) is 0.196. The van der Waals surface area contributed by atoms with Crippen LogP contribution in [0.1, 0.15) is 27.8 Å². The molecule has 0 unspecified atom stereocenters. The van der Waals surface area contributed by atoms with E-state index in [1.165, 1.54) is 37.5 Å². The van der Waals surface area contributed by atoms with E-state index in [0.29, 0.717) is 54.9 Å². The molecule has 2 aliphatic rings. The summed E-state index contributed by atoms with van der Waals surface area (Å²) in [6, 6.07) is 7.96. The number of aromatic nitrogens is 1. The number of carbonyl (C=O) groups excluding carboxylic acids is 1. The minimum absolute atomic E-state index is 0.0189. The van der Waals surface area contributed by atoms with Crippen molar-refractivity contribution in [3.8, 4) is 11.5 Å².